The van der Waals surface area contributed by atoms with Gasteiger partial charge in [0.2, 0.25) is 0 Å². The Morgan fingerprint density at radius 3 is 2.71 bits per heavy atom. The number of hydrogen-bond donors (Lipinski definition) is 1. The number of benzene rings is 2. The van der Waals surface area contributed by atoms with E-state index in [1.807, 2.05) is 12.3 Å². The summed E-state index contributed by atoms with van der Waals surface area (Å²) < 4.78 is 0. The summed E-state index contributed by atoms with van der Waals surface area (Å²) in [6.45, 7) is 2.09. The number of pyridine rings is 1. The Morgan fingerprint density at radius 2 is 1.76 bits per heavy atom. The molecule has 0 amide bonds. The lowest BCUT2D eigenvalue weighted by molar-refractivity contribution is 0.353. The quantitative estimate of drug-likeness (QED) is 0.768. The van der Waals surface area contributed by atoms with Crippen LogP contribution in [-0.4, -0.2) is 16.9 Å². The van der Waals surface area contributed by atoms with Gasteiger partial charge in [0.15, 0.2) is 0 Å². The molecule has 0 bridgehead atoms. The summed E-state index contributed by atoms with van der Waals surface area (Å²) in [4.78, 5) is 6.68. The zero-order valence-electron chi connectivity index (χ0n) is 12.0. The highest BCUT2D eigenvalue weighted by atomic mass is 15.1. The lowest BCUT2D eigenvalue weighted by Gasteiger charge is -2.09. The van der Waals surface area contributed by atoms with Crippen LogP contribution in [0.4, 0.5) is 11.4 Å². The molecule has 0 radical (unpaired) electrons. The van der Waals surface area contributed by atoms with Crippen LogP contribution in [0, 0.1) is 0 Å². The van der Waals surface area contributed by atoms with Crippen LogP contribution in [0.2, 0.25) is 0 Å². The van der Waals surface area contributed by atoms with Crippen molar-refractivity contribution in [2.45, 2.75) is 13.1 Å². The number of nitrogens with zero attached hydrogens (tertiary/aromatic N) is 2. The summed E-state index contributed by atoms with van der Waals surface area (Å²) >= 11 is 0. The third kappa shape index (κ3) is 2.36. The van der Waals surface area contributed by atoms with Gasteiger partial charge in [-0.3, -0.25) is 9.88 Å². The Labute approximate surface area is 124 Å². The Kier molecular flexibility index (Phi) is 2.86. The number of rotatable bonds is 2. The molecular weight excluding hydrogens is 258 g/mol. The minimum Gasteiger partial charge on any atom is -0.355 e. The first-order chi connectivity index (χ1) is 10.3. The largest absolute Gasteiger partial charge is 0.355 e. The fourth-order valence-electron chi connectivity index (χ4n) is 2.96. The second-order valence-electron chi connectivity index (χ2n) is 5.69. The first kappa shape index (κ1) is 12.4. The maximum absolute atomic E-state index is 4.35. The first-order valence-corrected chi connectivity index (χ1v) is 7.20. The minimum absolute atomic E-state index is 1.03. The van der Waals surface area contributed by atoms with Crippen LogP contribution in [-0.2, 0) is 13.1 Å². The van der Waals surface area contributed by atoms with Gasteiger partial charge in [-0.1, -0.05) is 12.1 Å². The normalized spacial score (nSPS) is 14.3. The van der Waals surface area contributed by atoms with Crippen molar-refractivity contribution in [1.82, 2.24) is 9.88 Å². The van der Waals surface area contributed by atoms with Crippen LogP contribution in [0.25, 0.3) is 10.9 Å². The molecule has 0 saturated carbocycles. The maximum Gasteiger partial charge on any atom is 0.0703 e. The molecule has 0 saturated heterocycles. The second-order valence-corrected chi connectivity index (χ2v) is 5.69. The molecule has 1 aromatic heterocycles. The van der Waals surface area contributed by atoms with Gasteiger partial charge in [-0.2, -0.15) is 0 Å². The number of hydrogen-bond acceptors (Lipinski definition) is 3. The average Bonchev–Trinajstić information content (AvgIpc) is 2.86. The Morgan fingerprint density at radius 1 is 0.952 bits per heavy atom. The fraction of sp³-hybridized carbons (Fsp3) is 0.167. The van der Waals surface area contributed by atoms with E-state index in [0.717, 1.165) is 35.4 Å². The summed E-state index contributed by atoms with van der Waals surface area (Å²) in [6, 6.07) is 17.0. The van der Waals surface area contributed by atoms with E-state index in [1.54, 1.807) is 0 Å². The van der Waals surface area contributed by atoms with Crippen LogP contribution in [0.5, 0.6) is 0 Å². The van der Waals surface area contributed by atoms with Crippen molar-refractivity contribution in [1.29, 1.82) is 0 Å². The SMILES string of the molecule is CN1Cc2ccc(Nc3ccc4ncccc4c3)cc2C1. The zero-order chi connectivity index (χ0) is 14.2. The highest BCUT2D eigenvalue weighted by Gasteiger charge is 2.15. The molecule has 3 nitrogen and oxygen atoms in total. The van der Waals surface area contributed by atoms with E-state index < -0.39 is 0 Å². The van der Waals surface area contributed by atoms with Gasteiger partial charge < -0.3 is 5.32 Å². The van der Waals surface area contributed by atoms with Gasteiger partial charge >= 0.3 is 0 Å². The van der Waals surface area contributed by atoms with Crippen LogP contribution in [0.1, 0.15) is 11.1 Å². The van der Waals surface area contributed by atoms with E-state index in [2.05, 4.69) is 64.7 Å². The Bertz CT molecular complexity index is 810. The number of anilines is 2. The molecule has 4 rings (SSSR count). The van der Waals surface area contributed by atoms with Gasteiger partial charge in [-0.15, -0.1) is 0 Å². The van der Waals surface area contributed by atoms with Gasteiger partial charge in [0.1, 0.15) is 0 Å². The minimum atomic E-state index is 1.03. The summed E-state index contributed by atoms with van der Waals surface area (Å²) in [5.41, 5.74) is 6.13. The molecule has 0 aliphatic carbocycles. The summed E-state index contributed by atoms with van der Waals surface area (Å²) in [5, 5.41) is 4.65. The van der Waals surface area contributed by atoms with Crippen LogP contribution < -0.4 is 5.32 Å². The molecule has 3 heteroatoms. The van der Waals surface area contributed by atoms with E-state index in [0.29, 0.717) is 0 Å². The molecule has 0 fully saturated rings. The molecular formula is C18H17N3. The average molecular weight is 275 g/mol. The maximum atomic E-state index is 4.35. The standard InChI is InChI=1S/C18H17N3/c1-21-11-14-4-5-16(10-15(14)12-21)20-17-6-7-18-13(9-17)3-2-8-19-18/h2-10,20H,11-12H2,1H3. The van der Waals surface area contributed by atoms with E-state index in [9.17, 15) is 0 Å². The highest BCUT2D eigenvalue weighted by Crippen LogP contribution is 2.27. The molecule has 0 spiro atoms. The molecule has 0 unspecified atom stereocenters. The van der Waals surface area contributed by atoms with Gasteiger partial charge in [0.05, 0.1) is 5.52 Å². The van der Waals surface area contributed by atoms with Crippen molar-refractivity contribution in [2.75, 3.05) is 12.4 Å². The van der Waals surface area contributed by atoms with Crippen molar-refractivity contribution < 1.29 is 0 Å². The molecule has 3 aromatic rings. The Balaban J connectivity index is 1.64. The smallest absolute Gasteiger partial charge is 0.0703 e. The molecule has 1 N–H and O–H groups in total. The van der Waals surface area contributed by atoms with Crippen LogP contribution in [0.3, 0.4) is 0 Å². The Hall–Kier alpha value is -2.39. The second kappa shape index (κ2) is 4.86. The number of nitrogens with one attached hydrogen (secondary N) is 1. The van der Waals surface area contributed by atoms with Gasteiger partial charge in [0, 0.05) is 36.0 Å². The van der Waals surface area contributed by atoms with Crippen molar-refractivity contribution in [2.24, 2.45) is 0 Å². The van der Waals surface area contributed by atoms with E-state index in [1.165, 1.54) is 11.1 Å². The van der Waals surface area contributed by atoms with E-state index in [-0.39, 0.29) is 0 Å². The summed E-state index contributed by atoms with van der Waals surface area (Å²) in [5.74, 6) is 0. The van der Waals surface area contributed by atoms with E-state index >= 15 is 0 Å². The van der Waals surface area contributed by atoms with Crippen molar-refractivity contribution in [3.05, 3.63) is 65.9 Å². The topological polar surface area (TPSA) is 28.2 Å². The van der Waals surface area contributed by atoms with E-state index in [4.69, 9.17) is 0 Å². The predicted molar refractivity (Wildman–Crippen MR) is 86.6 cm³/mol. The third-order valence-corrected chi connectivity index (χ3v) is 3.98. The number of fused-ring (bicyclic) bond motifs is 2. The molecule has 0 atom stereocenters. The molecule has 2 heterocycles. The molecule has 21 heavy (non-hydrogen) atoms. The predicted octanol–water partition coefficient (Wildman–Crippen LogP) is 3.92. The number of aromatic nitrogens is 1. The molecule has 1 aliphatic heterocycles. The fourth-order valence-corrected chi connectivity index (χ4v) is 2.96. The summed E-state index contributed by atoms with van der Waals surface area (Å²) in [6.07, 6.45) is 1.83. The lowest BCUT2D eigenvalue weighted by atomic mass is 10.1. The lowest BCUT2D eigenvalue weighted by Crippen LogP contribution is -2.07. The first-order valence-electron chi connectivity index (χ1n) is 7.20. The molecule has 1 aliphatic rings. The van der Waals surface area contributed by atoms with Gasteiger partial charge in [0.25, 0.3) is 0 Å². The summed E-state index contributed by atoms with van der Waals surface area (Å²) in [7, 11) is 2.16. The zero-order valence-corrected chi connectivity index (χ0v) is 12.0. The van der Waals surface area contributed by atoms with Crippen molar-refractivity contribution in [3.8, 4) is 0 Å². The third-order valence-electron chi connectivity index (χ3n) is 3.98. The van der Waals surface area contributed by atoms with Crippen molar-refractivity contribution in [3.63, 3.8) is 0 Å². The monoisotopic (exact) mass is 275 g/mol. The van der Waals surface area contributed by atoms with Crippen molar-refractivity contribution >= 4 is 22.3 Å². The highest BCUT2D eigenvalue weighted by molar-refractivity contribution is 5.83. The molecule has 104 valence electrons. The van der Waals surface area contributed by atoms with Crippen LogP contribution >= 0.6 is 0 Å². The van der Waals surface area contributed by atoms with Gasteiger partial charge in [-0.05, 0) is 54.6 Å². The van der Waals surface area contributed by atoms with Gasteiger partial charge in [-0.25, -0.2) is 0 Å². The molecule has 2 aromatic carbocycles. The van der Waals surface area contributed by atoms with Crippen LogP contribution in [0.15, 0.2) is 54.7 Å².